The highest BCUT2D eigenvalue weighted by Gasteiger charge is 2.53. The average Bonchev–Trinajstić information content (AvgIpc) is 1.68. The number of hydrogen-bond acceptors (Lipinski definition) is 15. The Morgan fingerprint density at radius 2 is 1.47 bits per heavy atom. The van der Waals surface area contributed by atoms with Crippen LogP contribution in [0.4, 0.5) is 14.6 Å². The molecule has 1 saturated heterocycles. The fourth-order valence-corrected chi connectivity index (χ4v) is 10.7. The topological polar surface area (TPSA) is 252 Å². The van der Waals surface area contributed by atoms with Gasteiger partial charge in [-0.3, -0.25) is 33.2 Å². The van der Waals surface area contributed by atoms with Crippen LogP contribution in [0.2, 0.25) is 0 Å². The summed E-state index contributed by atoms with van der Waals surface area (Å²) in [6.07, 6.45) is -0.181. The van der Waals surface area contributed by atoms with Crippen LogP contribution in [-0.4, -0.2) is 142 Å². The molecule has 3 aliphatic rings. The lowest BCUT2D eigenvalue weighted by Gasteiger charge is -2.38. The van der Waals surface area contributed by atoms with E-state index in [4.69, 9.17) is 19.2 Å². The fourth-order valence-electron chi connectivity index (χ4n) is 10.7. The molecule has 0 spiro atoms. The van der Waals surface area contributed by atoms with Gasteiger partial charge in [-0.05, 0) is 91.1 Å². The molecule has 4 aromatic carbocycles. The number of pyridine rings is 1. The molecule has 1 aliphatic carbocycles. The Bertz CT molecular complexity index is 3630. The number of aryl methyl sites for hydroxylation is 2. The first kappa shape index (κ1) is 60.6. The van der Waals surface area contributed by atoms with Crippen LogP contribution in [-0.2, 0) is 54.1 Å². The van der Waals surface area contributed by atoms with Crippen molar-refractivity contribution in [3.05, 3.63) is 154 Å². The van der Waals surface area contributed by atoms with E-state index in [0.29, 0.717) is 131 Å². The van der Waals surface area contributed by atoms with Crippen molar-refractivity contribution in [2.75, 3.05) is 77.7 Å². The van der Waals surface area contributed by atoms with Crippen LogP contribution in [0.25, 0.3) is 33.5 Å². The summed E-state index contributed by atoms with van der Waals surface area (Å²) >= 11 is 0. The third-order valence-corrected chi connectivity index (χ3v) is 15.7. The third-order valence-electron chi connectivity index (χ3n) is 15.7. The number of carbonyl (C=O) groups is 4. The molecule has 21 nitrogen and oxygen atoms in total. The predicted molar refractivity (Wildman–Crippen MR) is 315 cm³/mol. The van der Waals surface area contributed by atoms with Crippen LogP contribution < -0.4 is 36.3 Å². The van der Waals surface area contributed by atoms with E-state index in [2.05, 4.69) is 40.8 Å². The van der Waals surface area contributed by atoms with Gasteiger partial charge in [-0.25, -0.2) is 9.97 Å². The van der Waals surface area contributed by atoms with Crippen molar-refractivity contribution in [2.24, 2.45) is 7.05 Å². The van der Waals surface area contributed by atoms with Gasteiger partial charge in [0.1, 0.15) is 11.3 Å². The van der Waals surface area contributed by atoms with Crippen molar-refractivity contribution in [1.29, 1.82) is 0 Å². The zero-order valence-electron chi connectivity index (χ0n) is 48.2. The number of aromatic nitrogens is 5. The van der Waals surface area contributed by atoms with Gasteiger partial charge < -0.3 is 55.0 Å². The molecule has 0 radical (unpaired) electrons. The van der Waals surface area contributed by atoms with Gasteiger partial charge >= 0.3 is 6.29 Å². The van der Waals surface area contributed by atoms with Gasteiger partial charge in [0.15, 0.2) is 17.0 Å². The lowest BCUT2D eigenvalue weighted by Crippen LogP contribution is -2.49. The van der Waals surface area contributed by atoms with Gasteiger partial charge in [0.25, 0.3) is 11.5 Å². The molecule has 10 rings (SSSR count). The number of nitrogens with one attached hydrogen (secondary N) is 4. The molecule has 86 heavy (non-hydrogen) atoms. The first-order valence-corrected chi connectivity index (χ1v) is 28.8. The Kier molecular flexibility index (Phi) is 18.9. The predicted octanol–water partition coefficient (Wildman–Crippen LogP) is 6.39. The lowest BCUT2D eigenvalue weighted by molar-refractivity contribution is -0.286. The zero-order chi connectivity index (χ0) is 60.4. The summed E-state index contributed by atoms with van der Waals surface area (Å²) in [6, 6.07) is 32.5. The van der Waals surface area contributed by atoms with Crippen molar-refractivity contribution in [1.82, 2.24) is 45.2 Å². The minimum Gasteiger partial charge on any atom is -0.395 e. The summed E-state index contributed by atoms with van der Waals surface area (Å²) in [4.78, 5) is 77.1. The molecular weight excluding hydrogens is 1110 g/mol. The van der Waals surface area contributed by atoms with E-state index in [1.54, 1.807) is 47.0 Å². The first-order chi connectivity index (χ1) is 41.5. The molecule has 7 aromatic rings. The van der Waals surface area contributed by atoms with Gasteiger partial charge in [-0.2, -0.15) is 5.10 Å². The van der Waals surface area contributed by atoms with Gasteiger partial charge in [0.2, 0.25) is 17.7 Å². The molecule has 0 unspecified atom stereocenters. The molecule has 23 heteroatoms. The van der Waals surface area contributed by atoms with E-state index in [1.807, 2.05) is 80.6 Å². The summed E-state index contributed by atoms with van der Waals surface area (Å²) in [5, 5.41) is 27.8. The maximum Gasteiger partial charge on any atom is 0.586 e. The largest absolute Gasteiger partial charge is 0.586 e. The first-order valence-electron chi connectivity index (χ1n) is 28.8. The molecule has 452 valence electrons. The molecule has 4 amide bonds. The van der Waals surface area contributed by atoms with Crippen LogP contribution in [0.1, 0.15) is 77.6 Å². The van der Waals surface area contributed by atoms with E-state index in [9.17, 15) is 37.9 Å². The second kappa shape index (κ2) is 26.8. The Hall–Kier alpha value is -8.48. The van der Waals surface area contributed by atoms with Crippen LogP contribution in [0.15, 0.2) is 120 Å². The minimum absolute atomic E-state index is 0.0430. The number of hydrogen-bond donors (Lipinski definition) is 5. The second-order valence-electron chi connectivity index (χ2n) is 22.0. The highest BCUT2D eigenvalue weighted by Crippen LogP contribution is 2.52. The number of likely N-dealkylation sites (tertiary alicyclic amines) is 1. The van der Waals surface area contributed by atoms with Crippen LogP contribution in [0, 0.1) is 6.92 Å². The van der Waals surface area contributed by atoms with Crippen molar-refractivity contribution in [3.8, 4) is 34.0 Å². The zero-order valence-corrected chi connectivity index (χ0v) is 48.2. The van der Waals surface area contributed by atoms with Gasteiger partial charge in [0, 0.05) is 62.9 Å². The fraction of sp³-hybridized carbons (Fsp3) is 0.397. The smallest absolute Gasteiger partial charge is 0.395 e. The molecule has 0 bridgehead atoms. The monoisotopic (exact) mass is 1180 g/mol. The quantitative estimate of drug-likeness (QED) is 0.0350. The van der Waals surface area contributed by atoms with Crippen molar-refractivity contribution in [2.45, 2.75) is 82.3 Å². The summed E-state index contributed by atoms with van der Waals surface area (Å²) in [5.74, 6) is -0.565. The number of piperidine rings is 1. The molecule has 5 heterocycles. The molecule has 5 N–H and O–H groups in total. The maximum absolute atomic E-state index is 13.7. The molecule has 2 fully saturated rings. The van der Waals surface area contributed by atoms with E-state index in [-0.39, 0.29) is 78.4 Å². The summed E-state index contributed by atoms with van der Waals surface area (Å²) in [5.41, 5.74) is 4.78. The highest BCUT2D eigenvalue weighted by atomic mass is 19.3. The maximum atomic E-state index is 13.7. The highest BCUT2D eigenvalue weighted by molar-refractivity contribution is 6.01. The Morgan fingerprint density at radius 3 is 2.19 bits per heavy atom. The third kappa shape index (κ3) is 14.8. The number of halogens is 2. The second-order valence-corrected chi connectivity index (χ2v) is 22.0. The summed E-state index contributed by atoms with van der Waals surface area (Å²) in [7, 11) is 1.76. The molecular formula is C63H70F2N10O11. The number of anilines is 1. The van der Waals surface area contributed by atoms with Crippen molar-refractivity contribution < 1.29 is 56.7 Å². The minimum atomic E-state index is -3.76. The van der Waals surface area contributed by atoms with Crippen LogP contribution in [0.5, 0.6) is 11.5 Å². The number of benzene rings is 4. The normalized spacial score (nSPS) is 15.7. The lowest BCUT2D eigenvalue weighted by atomic mass is 9.90. The summed E-state index contributed by atoms with van der Waals surface area (Å²) < 4.78 is 56.2. The van der Waals surface area contributed by atoms with Gasteiger partial charge in [-0.1, -0.05) is 85.8 Å². The van der Waals surface area contributed by atoms with E-state index >= 15 is 0 Å². The number of carbonyl (C=O) groups excluding carboxylic acids is 4. The molecule has 1 atom stereocenters. The van der Waals surface area contributed by atoms with Crippen LogP contribution >= 0.6 is 0 Å². The Balaban J connectivity index is 0.563. The number of aliphatic hydroxyl groups is 1. The van der Waals surface area contributed by atoms with E-state index < -0.39 is 17.3 Å². The van der Waals surface area contributed by atoms with Crippen LogP contribution in [0.3, 0.4) is 0 Å². The van der Waals surface area contributed by atoms with Crippen molar-refractivity contribution >= 4 is 40.5 Å². The summed E-state index contributed by atoms with van der Waals surface area (Å²) in [6.45, 7) is 7.78. The Morgan fingerprint density at radius 1 is 0.767 bits per heavy atom. The Labute approximate surface area is 495 Å². The number of nitrogens with zero attached hydrogens (tertiary/aromatic N) is 6. The molecule has 2 aliphatic heterocycles. The molecule has 1 saturated carbocycles. The SMILES string of the molecule is Cc1ccc(NC(=O)C2(c3ccc4c(c3)OC(F)(F)O4)CC2)nc1-c1cccc(C(=O)NCCOCCOCCOCCNC(=O)CNCc2ccc(-c3c4ncn(CC5(O)CCN(C(=O)C[C@@H](C)c6ccccc6)CC5)c(=O)c4nn3C)cc2)c1. The van der Waals surface area contributed by atoms with Gasteiger partial charge in [0.05, 0.1) is 81.5 Å². The average molecular weight is 1180 g/mol. The van der Waals surface area contributed by atoms with E-state index in [0.717, 1.165) is 22.3 Å². The molecule has 3 aromatic heterocycles. The number of fused-ring (bicyclic) bond motifs is 2. The number of ether oxygens (including phenoxy) is 5. The van der Waals surface area contributed by atoms with E-state index in [1.165, 1.54) is 23.0 Å². The van der Waals surface area contributed by atoms with Crippen molar-refractivity contribution in [3.63, 3.8) is 0 Å². The number of alkyl halides is 2. The standard InChI is InChI=1S/C63H70F2N10O11/c1-41-12-19-51(71-60(80)62(20-21-62)48-17-18-49-50(36-48)86-63(64,65)85-49)70-54(41)46-10-7-11-47(35-46)58(78)68-25-29-83-31-33-84-32-30-82-28-24-67-52(76)38-66-37-43-13-15-45(16-14-43)57-55-56(72-73(57)3)59(79)75(40-69-55)39-61(81)22-26-74(27-23-61)53(77)34-42(2)44-8-5-4-6-9-44/h4-19,35-36,40,42,66,81H,20-34,37-39H2,1-3H3,(H,67,76)(H,68,78)(H,70,71,80)/t42-/m1/s1. The number of rotatable bonds is 27. The van der Waals surface area contributed by atoms with Gasteiger partial charge in [-0.15, -0.1) is 8.78 Å². The number of amides is 4.